The van der Waals surface area contributed by atoms with Gasteiger partial charge in [-0.1, -0.05) is 127 Å². The van der Waals surface area contributed by atoms with Crippen molar-refractivity contribution < 1.29 is 38.1 Å². The van der Waals surface area contributed by atoms with Gasteiger partial charge in [0.15, 0.2) is 17.5 Å². The topological polar surface area (TPSA) is 135 Å². The molecular formula is C41H40N2O8. The minimum absolute atomic E-state index is 0.0545. The van der Waals surface area contributed by atoms with Gasteiger partial charge in [0.1, 0.15) is 32.5 Å². The molecule has 51 heavy (non-hydrogen) atoms. The van der Waals surface area contributed by atoms with Gasteiger partial charge in [-0.25, -0.2) is 4.79 Å². The molecule has 0 fully saturated rings. The van der Waals surface area contributed by atoms with Crippen molar-refractivity contribution in [1.82, 2.24) is 5.32 Å². The lowest BCUT2D eigenvalue weighted by Crippen LogP contribution is -2.47. The fourth-order valence-corrected chi connectivity index (χ4v) is 4.87. The number of ether oxygens (including phenoxy) is 5. The number of para-hydroxylation sites is 1. The molecule has 1 amide bonds. The number of benzene rings is 5. The lowest BCUT2D eigenvalue weighted by molar-refractivity contribution is -0.154. The summed E-state index contributed by atoms with van der Waals surface area (Å²) in [6, 6.07) is 40.0. The van der Waals surface area contributed by atoms with Gasteiger partial charge in [-0.3, -0.25) is 9.59 Å². The van der Waals surface area contributed by atoms with Gasteiger partial charge < -0.3 is 34.7 Å². The number of rotatable bonds is 18. The zero-order valence-corrected chi connectivity index (χ0v) is 28.0. The van der Waals surface area contributed by atoms with E-state index in [0.29, 0.717) is 5.75 Å². The Morgan fingerprint density at radius 2 is 1.04 bits per heavy atom. The van der Waals surface area contributed by atoms with Crippen LogP contribution in [-0.2, 0) is 50.2 Å². The van der Waals surface area contributed by atoms with Crippen molar-refractivity contribution in [2.45, 2.75) is 38.5 Å². The molecule has 0 bridgehead atoms. The highest BCUT2D eigenvalue weighted by Crippen LogP contribution is 2.33. The van der Waals surface area contributed by atoms with Crippen molar-refractivity contribution in [3.05, 3.63) is 167 Å². The van der Waals surface area contributed by atoms with Gasteiger partial charge in [-0.05, 0) is 34.4 Å². The first-order chi connectivity index (χ1) is 25.0. The Balaban J connectivity index is 1.30. The van der Waals surface area contributed by atoms with E-state index in [-0.39, 0.29) is 44.3 Å². The summed E-state index contributed by atoms with van der Waals surface area (Å²) in [6.07, 6.45) is 0. The number of esters is 2. The monoisotopic (exact) mass is 688 g/mol. The highest BCUT2D eigenvalue weighted by atomic mass is 16.6. The van der Waals surface area contributed by atoms with E-state index in [1.54, 1.807) is 30.3 Å². The lowest BCUT2D eigenvalue weighted by Gasteiger charge is -2.21. The molecule has 0 radical (unpaired) electrons. The summed E-state index contributed by atoms with van der Waals surface area (Å²) >= 11 is 0. The second-order valence-corrected chi connectivity index (χ2v) is 11.5. The molecule has 0 aliphatic rings. The summed E-state index contributed by atoms with van der Waals surface area (Å²) in [5.41, 5.74) is 9.59. The number of hydrogen-bond donors (Lipinski definition) is 2. The van der Waals surface area contributed by atoms with Gasteiger partial charge in [-0.15, -0.1) is 0 Å². The quantitative estimate of drug-likeness (QED) is 0.110. The summed E-state index contributed by atoms with van der Waals surface area (Å²) in [6.45, 7) is -0.0587. The van der Waals surface area contributed by atoms with Crippen LogP contribution >= 0.6 is 0 Å². The molecule has 3 N–H and O–H groups in total. The summed E-state index contributed by atoms with van der Waals surface area (Å²) in [5, 5.41) is 2.67. The Labute approximate surface area is 297 Å². The van der Waals surface area contributed by atoms with Crippen LogP contribution in [0.3, 0.4) is 0 Å². The SMILES string of the molecule is N[C@@H](COCc1ccccc1)C(=O)OC[C@H](NC(=O)c1cccc(OCc2ccccc2)c1OCc1ccccc1)C(=O)OCc1ccccc1. The Hall–Kier alpha value is -5.97. The minimum Gasteiger partial charge on any atom is -0.485 e. The van der Waals surface area contributed by atoms with Crippen molar-refractivity contribution in [3.8, 4) is 11.5 Å². The summed E-state index contributed by atoms with van der Waals surface area (Å²) < 4.78 is 28.8. The zero-order valence-electron chi connectivity index (χ0n) is 28.0. The molecule has 5 aromatic carbocycles. The zero-order chi connectivity index (χ0) is 35.7. The summed E-state index contributed by atoms with van der Waals surface area (Å²) in [4.78, 5) is 40.1. The number of nitrogens with two attached hydrogens (primary N) is 1. The largest absolute Gasteiger partial charge is 0.485 e. The van der Waals surface area contributed by atoms with Gasteiger partial charge in [0.25, 0.3) is 5.91 Å². The van der Waals surface area contributed by atoms with Crippen LogP contribution in [0.2, 0.25) is 0 Å². The number of amides is 1. The first-order valence-corrected chi connectivity index (χ1v) is 16.5. The van der Waals surface area contributed by atoms with E-state index in [9.17, 15) is 14.4 Å². The van der Waals surface area contributed by atoms with E-state index in [0.717, 1.165) is 22.3 Å². The highest BCUT2D eigenvalue weighted by Gasteiger charge is 2.28. The molecule has 0 unspecified atom stereocenters. The van der Waals surface area contributed by atoms with Gasteiger partial charge in [-0.2, -0.15) is 0 Å². The maximum atomic E-state index is 13.9. The van der Waals surface area contributed by atoms with Crippen LogP contribution in [0.5, 0.6) is 11.5 Å². The molecule has 0 saturated heterocycles. The van der Waals surface area contributed by atoms with E-state index in [1.807, 2.05) is 109 Å². The molecule has 0 aliphatic carbocycles. The van der Waals surface area contributed by atoms with E-state index in [1.165, 1.54) is 0 Å². The highest BCUT2D eigenvalue weighted by molar-refractivity contribution is 6.00. The van der Waals surface area contributed by atoms with Crippen LogP contribution in [0.1, 0.15) is 32.6 Å². The van der Waals surface area contributed by atoms with Gasteiger partial charge in [0, 0.05) is 0 Å². The van der Waals surface area contributed by atoms with E-state index in [2.05, 4.69) is 5.32 Å². The van der Waals surface area contributed by atoms with Crippen LogP contribution in [0.15, 0.2) is 140 Å². The Bertz CT molecular complexity index is 1820. The number of carbonyl (C=O) groups excluding carboxylic acids is 3. The predicted octanol–water partition coefficient (Wildman–Crippen LogP) is 5.77. The second-order valence-electron chi connectivity index (χ2n) is 11.5. The van der Waals surface area contributed by atoms with Crippen LogP contribution < -0.4 is 20.5 Å². The van der Waals surface area contributed by atoms with Crippen molar-refractivity contribution in [3.63, 3.8) is 0 Å². The summed E-state index contributed by atoms with van der Waals surface area (Å²) in [5.74, 6) is -1.77. The van der Waals surface area contributed by atoms with Gasteiger partial charge in [0.2, 0.25) is 0 Å². The van der Waals surface area contributed by atoms with E-state index >= 15 is 0 Å². The summed E-state index contributed by atoms with van der Waals surface area (Å²) in [7, 11) is 0. The van der Waals surface area contributed by atoms with Crippen LogP contribution in [0, 0.1) is 0 Å². The van der Waals surface area contributed by atoms with Crippen molar-refractivity contribution >= 4 is 17.8 Å². The van der Waals surface area contributed by atoms with Crippen LogP contribution in [0.4, 0.5) is 0 Å². The number of hydrogen-bond acceptors (Lipinski definition) is 9. The molecular weight excluding hydrogens is 648 g/mol. The smallest absolute Gasteiger partial charge is 0.332 e. The second kappa shape index (κ2) is 19.3. The molecule has 0 saturated carbocycles. The third kappa shape index (κ3) is 11.6. The Morgan fingerprint density at radius 1 is 0.529 bits per heavy atom. The molecule has 5 aromatic rings. The van der Waals surface area contributed by atoms with Crippen molar-refractivity contribution in [2.75, 3.05) is 13.2 Å². The predicted molar refractivity (Wildman–Crippen MR) is 191 cm³/mol. The standard InChI is InChI=1S/C41H40N2O8/c42-35(28-47-24-30-14-5-1-6-15-30)40(45)51-29-36(41(46)50-27-33-20-11-4-12-21-33)43-39(44)34-22-13-23-37(48-25-31-16-7-2-8-17-31)38(34)49-26-32-18-9-3-10-19-32/h1-23,35-36H,24-29,42H2,(H,43,44)/t35-,36-/m0/s1. The Morgan fingerprint density at radius 3 is 1.61 bits per heavy atom. The van der Waals surface area contributed by atoms with Crippen molar-refractivity contribution in [2.24, 2.45) is 5.73 Å². The Kier molecular flexibility index (Phi) is 13.7. The first-order valence-electron chi connectivity index (χ1n) is 16.5. The molecule has 0 spiro atoms. The van der Waals surface area contributed by atoms with Gasteiger partial charge in [0.05, 0.1) is 18.8 Å². The molecule has 0 heterocycles. The van der Waals surface area contributed by atoms with E-state index in [4.69, 9.17) is 29.4 Å². The first kappa shape index (κ1) is 36.3. The molecule has 2 atom stereocenters. The normalized spacial score (nSPS) is 11.9. The molecule has 0 aliphatic heterocycles. The minimum atomic E-state index is -1.38. The third-order valence-corrected chi connectivity index (χ3v) is 7.60. The molecule has 262 valence electrons. The third-order valence-electron chi connectivity index (χ3n) is 7.60. The van der Waals surface area contributed by atoms with Gasteiger partial charge >= 0.3 is 11.9 Å². The molecule has 10 nitrogen and oxygen atoms in total. The van der Waals surface area contributed by atoms with E-state index < -0.39 is 36.5 Å². The molecule has 10 heteroatoms. The fourth-order valence-electron chi connectivity index (χ4n) is 4.87. The van der Waals surface area contributed by atoms with Crippen LogP contribution in [0.25, 0.3) is 0 Å². The number of nitrogens with one attached hydrogen (secondary N) is 1. The van der Waals surface area contributed by atoms with Crippen LogP contribution in [-0.4, -0.2) is 43.1 Å². The average Bonchev–Trinajstić information content (AvgIpc) is 3.18. The maximum absolute atomic E-state index is 13.9. The fraction of sp³-hybridized carbons (Fsp3) is 0.195. The molecule has 5 rings (SSSR count). The van der Waals surface area contributed by atoms with Crippen molar-refractivity contribution in [1.29, 1.82) is 0 Å². The average molecular weight is 689 g/mol. The number of carbonyl (C=O) groups is 3. The maximum Gasteiger partial charge on any atom is 0.332 e. The lowest BCUT2D eigenvalue weighted by atomic mass is 10.1. The molecule has 0 aromatic heterocycles.